The van der Waals surface area contributed by atoms with Gasteiger partial charge in [-0.05, 0) is 87.0 Å². The molecule has 8 nitrogen and oxygen atoms in total. The van der Waals surface area contributed by atoms with Gasteiger partial charge in [0, 0.05) is 23.5 Å². The summed E-state index contributed by atoms with van der Waals surface area (Å²) in [4.78, 5) is 6.39. The van der Waals surface area contributed by atoms with Gasteiger partial charge in [0.1, 0.15) is 0 Å². The third-order valence-electron chi connectivity index (χ3n) is 7.40. The molecule has 2 aromatic heterocycles. The highest BCUT2D eigenvalue weighted by atomic mass is 19.4. The maximum Gasteiger partial charge on any atom is 0.453 e. The van der Waals surface area contributed by atoms with E-state index in [2.05, 4.69) is 41.9 Å². The average molecular weight is 535 g/mol. The zero-order valence-electron chi connectivity index (χ0n) is 21.3. The molecule has 4 aromatic rings. The van der Waals surface area contributed by atoms with Gasteiger partial charge < -0.3 is 15.5 Å². The molecular formula is C28H29F3N8. The van der Waals surface area contributed by atoms with E-state index >= 15 is 0 Å². The summed E-state index contributed by atoms with van der Waals surface area (Å²) >= 11 is 0. The van der Waals surface area contributed by atoms with Crippen molar-refractivity contribution in [2.45, 2.75) is 50.7 Å². The number of alkyl halides is 3. The Morgan fingerprint density at radius 3 is 2.36 bits per heavy atom. The zero-order valence-corrected chi connectivity index (χ0v) is 21.3. The zero-order chi connectivity index (χ0) is 26.8. The van der Waals surface area contributed by atoms with Crippen molar-refractivity contribution in [2.24, 2.45) is 0 Å². The van der Waals surface area contributed by atoms with E-state index in [9.17, 15) is 13.2 Å². The number of hydrogen-bond acceptors (Lipinski definition) is 7. The van der Waals surface area contributed by atoms with E-state index in [-0.39, 0.29) is 11.8 Å². The van der Waals surface area contributed by atoms with Crippen LogP contribution in [0.15, 0.2) is 60.8 Å². The Balaban J connectivity index is 1.27. The van der Waals surface area contributed by atoms with Crippen LogP contribution >= 0.6 is 0 Å². The molecule has 1 aliphatic heterocycles. The van der Waals surface area contributed by atoms with Gasteiger partial charge in [0.05, 0.1) is 11.9 Å². The highest BCUT2D eigenvalue weighted by Crippen LogP contribution is 2.32. The van der Waals surface area contributed by atoms with Crippen LogP contribution in [0.4, 0.5) is 36.2 Å². The predicted octanol–water partition coefficient (Wildman–Crippen LogP) is 5.91. The number of benzene rings is 2. The Labute approximate surface area is 224 Å². The van der Waals surface area contributed by atoms with Crippen LogP contribution in [0.1, 0.15) is 42.6 Å². The maximum absolute atomic E-state index is 13.6. The van der Waals surface area contributed by atoms with Crippen LogP contribution in [0.5, 0.6) is 0 Å². The van der Waals surface area contributed by atoms with Crippen LogP contribution in [0.3, 0.4) is 0 Å². The molecule has 202 valence electrons. The number of anilines is 4. The van der Waals surface area contributed by atoms with Gasteiger partial charge in [-0.25, -0.2) is 0 Å². The molecule has 0 bridgehead atoms. The number of aromatic nitrogens is 5. The van der Waals surface area contributed by atoms with Crippen molar-refractivity contribution in [3.8, 4) is 5.82 Å². The van der Waals surface area contributed by atoms with Gasteiger partial charge in [-0.3, -0.25) is 0 Å². The molecular weight excluding hydrogens is 505 g/mol. The minimum atomic E-state index is -4.71. The van der Waals surface area contributed by atoms with Gasteiger partial charge in [-0.2, -0.15) is 27.9 Å². The van der Waals surface area contributed by atoms with Crippen molar-refractivity contribution in [3.05, 3.63) is 77.7 Å². The number of para-hydroxylation sites is 1. The third-order valence-corrected chi connectivity index (χ3v) is 7.40. The number of halogens is 3. The Morgan fingerprint density at radius 1 is 0.821 bits per heavy atom. The predicted molar refractivity (Wildman–Crippen MR) is 143 cm³/mol. The van der Waals surface area contributed by atoms with Crippen molar-refractivity contribution in [3.63, 3.8) is 0 Å². The summed E-state index contributed by atoms with van der Waals surface area (Å²) in [6.07, 6.45) is 3.48. The standard InChI is InChI=1S/C28H29F3N8/c29-28(30,31)26-35-27(39(37-26)25-17-23(18-32-36-25)33-21-6-2-1-3-7-21)34-22-11-8-19-9-12-24(13-10-20(19)16-22)38-14-4-5-15-38/h1-3,6-8,11,16-18,24H,4-5,9-10,12-15H2,(H,33,36)(H,34,35,37). The fourth-order valence-electron chi connectivity index (χ4n) is 5.46. The second-order valence-corrected chi connectivity index (χ2v) is 10.0. The van der Waals surface area contributed by atoms with E-state index in [0.717, 1.165) is 36.1 Å². The average Bonchev–Trinajstić information content (AvgIpc) is 3.57. The number of fused-ring (bicyclic) bond motifs is 1. The van der Waals surface area contributed by atoms with Crippen LogP contribution < -0.4 is 10.6 Å². The van der Waals surface area contributed by atoms with Crippen molar-refractivity contribution in [1.82, 2.24) is 29.9 Å². The van der Waals surface area contributed by atoms with Crippen molar-refractivity contribution >= 4 is 23.0 Å². The second-order valence-electron chi connectivity index (χ2n) is 10.0. The van der Waals surface area contributed by atoms with Crippen LogP contribution in [0, 0.1) is 0 Å². The van der Waals surface area contributed by atoms with Crippen LogP contribution in [0.25, 0.3) is 5.82 Å². The summed E-state index contributed by atoms with van der Waals surface area (Å²) in [5, 5.41) is 18.0. The minimum Gasteiger partial charge on any atom is -0.354 e. The number of rotatable bonds is 6. The lowest BCUT2D eigenvalue weighted by Gasteiger charge is -2.25. The first kappa shape index (κ1) is 25.3. The van der Waals surface area contributed by atoms with Gasteiger partial charge in [0.15, 0.2) is 5.82 Å². The smallest absolute Gasteiger partial charge is 0.354 e. The fourth-order valence-corrected chi connectivity index (χ4v) is 5.46. The summed E-state index contributed by atoms with van der Waals surface area (Å²) in [5.74, 6) is -1.24. The second kappa shape index (κ2) is 10.6. The molecule has 39 heavy (non-hydrogen) atoms. The molecule has 0 radical (unpaired) electrons. The fraction of sp³-hybridized carbons (Fsp3) is 0.357. The molecule has 2 aromatic carbocycles. The molecule has 2 N–H and O–H groups in total. The lowest BCUT2D eigenvalue weighted by atomic mass is 10.0. The number of aryl methyl sites for hydroxylation is 2. The first-order valence-electron chi connectivity index (χ1n) is 13.2. The first-order valence-corrected chi connectivity index (χ1v) is 13.2. The lowest BCUT2D eigenvalue weighted by Crippen LogP contribution is -2.32. The molecule has 0 spiro atoms. The summed E-state index contributed by atoms with van der Waals surface area (Å²) in [6, 6.07) is 17.5. The molecule has 1 unspecified atom stereocenters. The summed E-state index contributed by atoms with van der Waals surface area (Å²) < 4.78 is 41.9. The van der Waals surface area contributed by atoms with Gasteiger partial charge >= 0.3 is 6.18 Å². The molecule has 11 heteroatoms. The largest absolute Gasteiger partial charge is 0.453 e. The van der Waals surface area contributed by atoms with Gasteiger partial charge in [-0.1, -0.05) is 24.3 Å². The normalized spacial score (nSPS) is 18.0. The quantitative estimate of drug-likeness (QED) is 0.298. The molecule has 1 saturated heterocycles. The van der Waals surface area contributed by atoms with Crippen LogP contribution in [-0.2, 0) is 19.0 Å². The molecule has 3 heterocycles. The van der Waals surface area contributed by atoms with E-state index in [1.807, 2.05) is 42.5 Å². The summed E-state index contributed by atoms with van der Waals surface area (Å²) in [5.41, 5.74) is 4.53. The molecule has 2 aliphatic rings. The van der Waals surface area contributed by atoms with E-state index in [1.54, 1.807) is 6.07 Å². The highest BCUT2D eigenvalue weighted by molar-refractivity contribution is 5.61. The molecule has 6 rings (SSSR count). The summed E-state index contributed by atoms with van der Waals surface area (Å²) in [7, 11) is 0. The maximum atomic E-state index is 13.6. The Hall–Kier alpha value is -3.99. The van der Waals surface area contributed by atoms with Crippen LogP contribution in [0.2, 0.25) is 0 Å². The number of nitrogens with one attached hydrogen (secondary N) is 2. The first-order chi connectivity index (χ1) is 18.9. The monoisotopic (exact) mass is 534 g/mol. The Kier molecular flexibility index (Phi) is 6.90. The molecule has 1 aliphatic carbocycles. The molecule has 0 saturated carbocycles. The van der Waals surface area contributed by atoms with Crippen molar-refractivity contribution in [1.29, 1.82) is 0 Å². The molecule has 0 amide bonds. The summed E-state index contributed by atoms with van der Waals surface area (Å²) in [6.45, 7) is 2.35. The van der Waals surface area contributed by atoms with Gasteiger partial charge in [-0.15, -0.1) is 10.2 Å². The van der Waals surface area contributed by atoms with E-state index < -0.39 is 12.0 Å². The lowest BCUT2D eigenvalue weighted by molar-refractivity contribution is -0.144. The van der Waals surface area contributed by atoms with E-state index in [4.69, 9.17) is 0 Å². The van der Waals surface area contributed by atoms with Crippen LogP contribution in [-0.4, -0.2) is 49.0 Å². The van der Waals surface area contributed by atoms with Crippen molar-refractivity contribution in [2.75, 3.05) is 23.7 Å². The molecule has 1 fully saturated rings. The highest BCUT2D eigenvalue weighted by Gasteiger charge is 2.37. The van der Waals surface area contributed by atoms with Crippen molar-refractivity contribution < 1.29 is 13.2 Å². The van der Waals surface area contributed by atoms with E-state index in [0.29, 0.717) is 17.4 Å². The third kappa shape index (κ3) is 5.73. The Morgan fingerprint density at radius 2 is 1.59 bits per heavy atom. The number of nitrogens with zero attached hydrogens (tertiary/aromatic N) is 6. The molecule has 1 atom stereocenters. The van der Waals surface area contributed by atoms with Gasteiger partial charge in [0.2, 0.25) is 5.95 Å². The van der Waals surface area contributed by atoms with Gasteiger partial charge in [0.25, 0.3) is 5.82 Å². The Bertz CT molecular complexity index is 1430. The topological polar surface area (TPSA) is 83.8 Å². The number of likely N-dealkylation sites (tertiary alicyclic amines) is 1. The SMILES string of the molecule is FC(F)(F)c1nc(Nc2ccc3c(c2)CCC(N2CCCC2)CC3)n(-c2cc(Nc3ccccc3)cnn2)n1. The number of hydrogen-bond donors (Lipinski definition) is 2. The van der Waals surface area contributed by atoms with E-state index in [1.165, 1.54) is 43.3 Å². The minimum absolute atomic E-state index is 0.0861.